The predicted octanol–water partition coefficient (Wildman–Crippen LogP) is 2.79. The molecule has 0 radical (unpaired) electrons. The maximum absolute atomic E-state index is 12.8. The van der Waals surface area contributed by atoms with Gasteiger partial charge in [0, 0.05) is 32.1 Å². The van der Waals surface area contributed by atoms with E-state index in [9.17, 15) is 9.59 Å². The van der Waals surface area contributed by atoms with Gasteiger partial charge in [-0.1, -0.05) is 37.8 Å². The summed E-state index contributed by atoms with van der Waals surface area (Å²) in [7, 11) is 0. The number of nitrogens with one attached hydrogen (secondary N) is 1. The Kier molecular flexibility index (Phi) is 6.85. The maximum atomic E-state index is 12.8. The summed E-state index contributed by atoms with van der Waals surface area (Å²) in [6, 6.07) is -0.0855. The number of likely N-dealkylation sites (tertiary alicyclic amines) is 1. The molecule has 27 heavy (non-hydrogen) atoms. The van der Waals surface area contributed by atoms with Crippen LogP contribution in [0.25, 0.3) is 0 Å². The van der Waals surface area contributed by atoms with Crippen molar-refractivity contribution in [1.29, 1.82) is 0 Å². The standard InChI is InChI=1S/C20H33N5O2/c1-3-7-18(21-15(2)26)20(27)24-12-10-17(11-13-24)25-14-19(22-23-25)16-8-5-4-6-9-16/h14,16-18H,3-13H2,1-2H3,(H,21,26)/t18-/m0/s1. The molecule has 1 aromatic heterocycles. The van der Waals surface area contributed by atoms with Crippen LogP contribution in [0, 0.1) is 0 Å². The number of amides is 2. The molecule has 1 N–H and O–H groups in total. The fraction of sp³-hybridized carbons (Fsp3) is 0.800. The first-order chi connectivity index (χ1) is 13.1. The van der Waals surface area contributed by atoms with Crippen LogP contribution in [0.1, 0.15) is 89.3 Å². The van der Waals surface area contributed by atoms with Gasteiger partial charge in [0.1, 0.15) is 6.04 Å². The normalized spacial score (nSPS) is 20.4. The topological polar surface area (TPSA) is 80.1 Å². The van der Waals surface area contributed by atoms with Crippen molar-refractivity contribution < 1.29 is 9.59 Å². The SMILES string of the molecule is CCC[C@H](NC(C)=O)C(=O)N1CCC(n2cc(C3CCCCC3)nn2)CC1. The minimum Gasteiger partial charge on any atom is -0.345 e. The fourth-order valence-electron chi connectivity index (χ4n) is 4.42. The first kappa shape index (κ1) is 19.8. The molecule has 0 spiro atoms. The summed E-state index contributed by atoms with van der Waals surface area (Å²) in [5.74, 6) is 0.475. The zero-order valence-electron chi connectivity index (χ0n) is 16.7. The number of hydrogen-bond acceptors (Lipinski definition) is 4. The molecule has 2 aliphatic rings. The lowest BCUT2D eigenvalue weighted by atomic mass is 9.87. The van der Waals surface area contributed by atoms with Crippen LogP contribution in [0.4, 0.5) is 0 Å². The number of aromatic nitrogens is 3. The molecule has 0 aromatic carbocycles. The average Bonchev–Trinajstić information content (AvgIpc) is 3.18. The number of piperidine rings is 1. The van der Waals surface area contributed by atoms with Crippen LogP contribution in [0.2, 0.25) is 0 Å². The van der Waals surface area contributed by atoms with Gasteiger partial charge < -0.3 is 10.2 Å². The first-order valence-electron chi connectivity index (χ1n) is 10.6. The van der Waals surface area contributed by atoms with Gasteiger partial charge in [0.15, 0.2) is 0 Å². The summed E-state index contributed by atoms with van der Waals surface area (Å²) >= 11 is 0. The smallest absolute Gasteiger partial charge is 0.245 e. The number of nitrogens with zero attached hydrogens (tertiary/aromatic N) is 4. The fourth-order valence-corrected chi connectivity index (χ4v) is 4.42. The third-order valence-corrected chi connectivity index (χ3v) is 5.95. The Labute approximate surface area is 161 Å². The number of rotatable bonds is 6. The van der Waals surface area contributed by atoms with Gasteiger partial charge in [-0.15, -0.1) is 5.10 Å². The minimum absolute atomic E-state index is 0.0481. The van der Waals surface area contributed by atoms with Crippen molar-refractivity contribution in [2.24, 2.45) is 0 Å². The molecule has 1 atom stereocenters. The van der Waals surface area contributed by atoms with Crippen molar-refractivity contribution in [3.63, 3.8) is 0 Å². The van der Waals surface area contributed by atoms with E-state index in [0.29, 0.717) is 31.5 Å². The summed E-state index contributed by atoms with van der Waals surface area (Å²) < 4.78 is 2.02. The van der Waals surface area contributed by atoms with Crippen molar-refractivity contribution in [2.45, 2.75) is 89.6 Å². The van der Waals surface area contributed by atoms with E-state index in [1.165, 1.54) is 39.0 Å². The van der Waals surface area contributed by atoms with Crippen molar-refractivity contribution in [1.82, 2.24) is 25.2 Å². The molecule has 0 bridgehead atoms. The van der Waals surface area contributed by atoms with Crippen LogP contribution in [0.3, 0.4) is 0 Å². The van der Waals surface area contributed by atoms with Crippen molar-refractivity contribution in [2.75, 3.05) is 13.1 Å². The van der Waals surface area contributed by atoms with E-state index in [4.69, 9.17) is 0 Å². The van der Waals surface area contributed by atoms with Crippen molar-refractivity contribution in [3.8, 4) is 0 Å². The molecule has 1 saturated heterocycles. The van der Waals surface area contributed by atoms with Gasteiger partial charge in [-0.2, -0.15) is 0 Å². The lowest BCUT2D eigenvalue weighted by Gasteiger charge is -2.34. The van der Waals surface area contributed by atoms with E-state index in [-0.39, 0.29) is 11.8 Å². The molecule has 0 unspecified atom stereocenters. The zero-order chi connectivity index (χ0) is 19.2. The molecule has 1 saturated carbocycles. The summed E-state index contributed by atoms with van der Waals surface area (Å²) in [6.07, 6.45) is 11.9. The van der Waals surface area contributed by atoms with Gasteiger partial charge in [0.05, 0.1) is 11.7 Å². The van der Waals surface area contributed by atoms with Gasteiger partial charge in [-0.3, -0.25) is 9.59 Å². The zero-order valence-corrected chi connectivity index (χ0v) is 16.7. The average molecular weight is 376 g/mol. The summed E-state index contributed by atoms with van der Waals surface area (Å²) in [6.45, 7) is 4.92. The Morgan fingerprint density at radius 1 is 1.19 bits per heavy atom. The molecule has 7 nitrogen and oxygen atoms in total. The molecule has 3 rings (SSSR count). The Morgan fingerprint density at radius 2 is 1.89 bits per heavy atom. The molecule has 1 aromatic rings. The molecular weight excluding hydrogens is 342 g/mol. The van der Waals surface area contributed by atoms with Crippen LogP contribution in [-0.4, -0.2) is 50.8 Å². The Hall–Kier alpha value is -1.92. The minimum atomic E-state index is -0.395. The first-order valence-corrected chi connectivity index (χ1v) is 10.6. The highest BCUT2D eigenvalue weighted by molar-refractivity contribution is 5.86. The summed E-state index contributed by atoms with van der Waals surface area (Å²) in [4.78, 5) is 26.0. The monoisotopic (exact) mass is 375 g/mol. The molecule has 2 fully saturated rings. The Balaban J connectivity index is 1.54. The summed E-state index contributed by atoms with van der Waals surface area (Å²) in [5, 5.41) is 11.6. The molecule has 2 amide bonds. The molecule has 150 valence electrons. The molecule has 1 aliphatic heterocycles. The van der Waals surface area contributed by atoms with Crippen molar-refractivity contribution in [3.05, 3.63) is 11.9 Å². The predicted molar refractivity (Wildman–Crippen MR) is 103 cm³/mol. The molecular formula is C20H33N5O2. The largest absolute Gasteiger partial charge is 0.345 e. The lowest BCUT2D eigenvalue weighted by Crippen LogP contribution is -2.50. The summed E-state index contributed by atoms with van der Waals surface area (Å²) in [5.41, 5.74) is 1.14. The van der Waals surface area contributed by atoms with Gasteiger partial charge in [0.25, 0.3) is 0 Å². The highest BCUT2D eigenvalue weighted by atomic mass is 16.2. The van der Waals surface area contributed by atoms with Gasteiger partial charge >= 0.3 is 0 Å². The van der Waals surface area contributed by atoms with E-state index in [1.807, 2.05) is 16.5 Å². The van der Waals surface area contributed by atoms with E-state index in [0.717, 1.165) is 25.0 Å². The molecule has 1 aliphatic carbocycles. The number of hydrogen-bond donors (Lipinski definition) is 1. The highest BCUT2D eigenvalue weighted by Gasteiger charge is 2.29. The van der Waals surface area contributed by atoms with Crippen molar-refractivity contribution >= 4 is 11.8 Å². The van der Waals surface area contributed by atoms with E-state index >= 15 is 0 Å². The molecule has 7 heteroatoms. The number of carbonyl (C=O) groups excluding carboxylic acids is 2. The van der Waals surface area contributed by atoms with E-state index in [2.05, 4.69) is 21.8 Å². The van der Waals surface area contributed by atoms with Crippen LogP contribution >= 0.6 is 0 Å². The maximum Gasteiger partial charge on any atom is 0.245 e. The van der Waals surface area contributed by atoms with E-state index in [1.54, 1.807) is 0 Å². The second kappa shape index (κ2) is 9.33. The Morgan fingerprint density at radius 3 is 2.52 bits per heavy atom. The van der Waals surface area contributed by atoms with Crippen LogP contribution in [0.15, 0.2) is 6.20 Å². The second-order valence-electron chi connectivity index (χ2n) is 8.06. The van der Waals surface area contributed by atoms with Crippen LogP contribution in [-0.2, 0) is 9.59 Å². The van der Waals surface area contributed by atoms with Gasteiger partial charge in [-0.25, -0.2) is 4.68 Å². The number of carbonyl (C=O) groups is 2. The second-order valence-corrected chi connectivity index (χ2v) is 8.06. The van der Waals surface area contributed by atoms with E-state index < -0.39 is 6.04 Å². The third kappa shape index (κ3) is 5.08. The van der Waals surface area contributed by atoms with Gasteiger partial charge in [0.2, 0.25) is 11.8 Å². The highest BCUT2D eigenvalue weighted by Crippen LogP contribution is 2.32. The van der Waals surface area contributed by atoms with Crippen LogP contribution in [0.5, 0.6) is 0 Å². The quantitative estimate of drug-likeness (QED) is 0.829. The van der Waals surface area contributed by atoms with Crippen LogP contribution < -0.4 is 5.32 Å². The lowest BCUT2D eigenvalue weighted by molar-refractivity contribution is -0.137. The van der Waals surface area contributed by atoms with Gasteiger partial charge in [-0.05, 0) is 32.1 Å². The Bertz CT molecular complexity index is 630. The molecule has 2 heterocycles. The third-order valence-electron chi connectivity index (χ3n) is 5.95.